The lowest BCUT2D eigenvalue weighted by atomic mass is 10.1. The lowest BCUT2D eigenvalue weighted by Crippen LogP contribution is -2.28. The Morgan fingerprint density at radius 2 is 1.70 bits per heavy atom. The number of hydrogen-bond acceptors (Lipinski definition) is 3. The van der Waals surface area contributed by atoms with Crippen molar-refractivity contribution in [1.29, 1.82) is 0 Å². The van der Waals surface area contributed by atoms with Gasteiger partial charge in [0, 0.05) is 30.3 Å². The maximum atomic E-state index is 13.4. The van der Waals surface area contributed by atoms with E-state index in [9.17, 15) is 9.50 Å². The van der Waals surface area contributed by atoms with Crippen LogP contribution >= 0.6 is 0 Å². The fraction of sp³-hybridized carbons (Fsp3) is 0.160. The lowest BCUT2D eigenvalue weighted by Gasteiger charge is -2.18. The molecule has 0 spiro atoms. The summed E-state index contributed by atoms with van der Waals surface area (Å²) in [7, 11) is 0. The third-order valence-electron chi connectivity index (χ3n) is 5.64. The van der Waals surface area contributed by atoms with Crippen LogP contribution in [0, 0.1) is 5.82 Å². The molecule has 4 nitrogen and oxygen atoms in total. The molecule has 5 heteroatoms. The average Bonchev–Trinajstić information content (AvgIpc) is 3.34. The zero-order valence-electron chi connectivity index (χ0n) is 16.4. The zero-order chi connectivity index (χ0) is 20.5. The topological polar surface area (TPSA) is 50.1 Å². The Kier molecular flexibility index (Phi) is 4.91. The predicted octanol–water partition coefficient (Wildman–Crippen LogP) is 4.43. The number of aliphatic hydroxyl groups is 1. The first-order chi connectivity index (χ1) is 14.7. The van der Waals surface area contributed by atoms with E-state index in [1.165, 1.54) is 17.7 Å². The molecule has 0 saturated heterocycles. The van der Waals surface area contributed by atoms with E-state index in [0.717, 1.165) is 28.1 Å². The van der Waals surface area contributed by atoms with Gasteiger partial charge in [-0.25, -0.2) is 9.07 Å². The van der Waals surface area contributed by atoms with Crippen LogP contribution in [0.5, 0.6) is 0 Å². The molecule has 3 aromatic carbocycles. The summed E-state index contributed by atoms with van der Waals surface area (Å²) in [5, 5.41) is 18.9. The lowest BCUT2D eigenvalue weighted by molar-refractivity contribution is 0.140. The SMILES string of the molecule is O[C@H]1Cc2ccccc2[C@H]1NCc1cn(-c2ccccc2)nc1-c1ccc(F)cc1. The second-order valence-electron chi connectivity index (χ2n) is 7.62. The fourth-order valence-corrected chi connectivity index (χ4v) is 4.14. The minimum atomic E-state index is -0.458. The summed E-state index contributed by atoms with van der Waals surface area (Å²) in [6.45, 7) is 0.537. The maximum absolute atomic E-state index is 13.4. The first-order valence-electron chi connectivity index (χ1n) is 10.1. The highest BCUT2D eigenvalue weighted by Gasteiger charge is 2.30. The number of aliphatic hydroxyl groups excluding tert-OH is 1. The van der Waals surface area contributed by atoms with Gasteiger partial charge in [-0.15, -0.1) is 0 Å². The number of hydrogen-bond donors (Lipinski definition) is 2. The zero-order valence-corrected chi connectivity index (χ0v) is 16.4. The summed E-state index contributed by atoms with van der Waals surface area (Å²) >= 11 is 0. The number of aromatic nitrogens is 2. The molecule has 0 unspecified atom stereocenters. The predicted molar refractivity (Wildman–Crippen MR) is 115 cm³/mol. The molecule has 1 aliphatic carbocycles. The summed E-state index contributed by atoms with van der Waals surface area (Å²) in [6, 6.07) is 24.3. The van der Waals surface area contributed by atoms with Gasteiger partial charge >= 0.3 is 0 Å². The number of para-hydroxylation sites is 1. The van der Waals surface area contributed by atoms with E-state index in [1.807, 2.05) is 53.3 Å². The van der Waals surface area contributed by atoms with E-state index in [2.05, 4.69) is 17.4 Å². The van der Waals surface area contributed by atoms with E-state index in [0.29, 0.717) is 13.0 Å². The van der Waals surface area contributed by atoms with Crippen LogP contribution in [0.15, 0.2) is 85.1 Å². The van der Waals surface area contributed by atoms with Crippen molar-refractivity contribution in [2.24, 2.45) is 0 Å². The fourth-order valence-electron chi connectivity index (χ4n) is 4.14. The van der Waals surface area contributed by atoms with Crippen molar-refractivity contribution >= 4 is 0 Å². The van der Waals surface area contributed by atoms with Gasteiger partial charge in [0.2, 0.25) is 0 Å². The molecule has 5 rings (SSSR count). The molecule has 2 atom stereocenters. The third-order valence-corrected chi connectivity index (χ3v) is 5.64. The number of nitrogens with zero attached hydrogens (tertiary/aromatic N) is 2. The molecule has 0 radical (unpaired) electrons. The van der Waals surface area contributed by atoms with Gasteiger partial charge in [0.25, 0.3) is 0 Å². The summed E-state index contributed by atoms with van der Waals surface area (Å²) in [5.41, 5.74) is 5.92. The van der Waals surface area contributed by atoms with Crippen LogP contribution in [0.2, 0.25) is 0 Å². The van der Waals surface area contributed by atoms with Crippen molar-refractivity contribution in [3.63, 3.8) is 0 Å². The number of halogens is 1. The average molecular weight is 399 g/mol. The maximum Gasteiger partial charge on any atom is 0.123 e. The van der Waals surface area contributed by atoms with Crippen LogP contribution in [0.3, 0.4) is 0 Å². The first-order valence-corrected chi connectivity index (χ1v) is 10.1. The van der Waals surface area contributed by atoms with E-state index in [1.54, 1.807) is 12.1 Å². The van der Waals surface area contributed by atoms with Crippen molar-refractivity contribution in [3.8, 4) is 16.9 Å². The van der Waals surface area contributed by atoms with Gasteiger partial charge in [0.1, 0.15) is 5.82 Å². The van der Waals surface area contributed by atoms with Crippen LogP contribution in [0.1, 0.15) is 22.7 Å². The quantitative estimate of drug-likeness (QED) is 0.522. The number of nitrogens with one attached hydrogen (secondary N) is 1. The minimum Gasteiger partial charge on any atom is -0.391 e. The number of fused-ring (bicyclic) bond motifs is 1. The Hall–Kier alpha value is -3.28. The van der Waals surface area contributed by atoms with Crippen molar-refractivity contribution < 1.29 is 9.50 Å². The van der Waals surface area contributed by atoms with E-state index >= 15 is 0 Å². The van der Waals surface area contributed by atoms with Gasteiger partial charge in [-0.3, -0.25) is 0 Å². The van der Waals surface area contributed by atoms with Gasteiger partial charge in [-0.1, -0.05) is 42.5 Å². The smallest absolute Gasteiger partial charge is 0.123 e. The van der Waals surface area contributed by atoms with E-state index in [4.69, 9.17) is 5.10 Å². The largest absolute Gasteiger partial charge is 0.391 e. The van der Waals surface area contributed by atoms with Crippen LogP contribution in [0.4, 0.5) is 4.39 Å². The highest BCUT2D eigenvalue weighted by Crippen LogP contribution is 2.32. The summed E-state index contributed by atoms with van der Waals surface area (Å²) in [6.07, 6.45) is 2.19. The molecule has 30 heavy (non-hydrogen) atoms. The Labute approximate surface area is 174 Å². The summed E-state index contributed by atoms with van der Waals surface area (Å²) < 4.78 is 15.3. The van der Waals surface area contributed by atoms with Crippen molar-refractivity contribution in [3.05, 3.63) is 108 Å². The molecule has 150 valence electrons. The molecule has 0 amide bonds. The molecule has 0 bridgehead atoms. The summed E-state index contributed by atoms with van der Waals surface area (Å²) in [4.78, 5) is 0. The third kappa shape index (κ3) is 3.54. The first kappa shape index (κ1) is 18.7. The Morgan fingerprint density at radius 3 is 2.50 bits per heavy atom. The molecule has 0 aliphatic heterocycles. The Balaban J connectivity index is 1.48. The van der Waals surface area contributed by atoms with Crippen molar-refractivity contribution in [1.82, 2.24) is 15.1 Å². The van der Waals surface area contributed by atoms with E-state index in [-0.39, 0.29) is 11.9 Å². The second kappa shape index (κ2) is 7.86. The molecular formula is C25H22FN3O. The standard InChI is InChI=1S/C25H22FN3O/c26-20-12-10-17(11-13-20)24-19(16-29(28-24)21-7-2-1-3-8-21)15-27-25-22-9-5-4-6-18(22)14-23(25)30/h1-13,16,23,25,27,30H,14-15H2/t23-,25+/m0/s1. The molecule has 1 aliphatic rings. The van der Waals surface area contributed by atoms with E-state index < -0.39 is 6.10 Å². The van der Waals surface area contributed by atoms with Crippen LogP contribution in [0.25, 0.3) is 16.9 Å². The Morgan fingerprint density at radius 1 is 0.967 bits per heavy atom. The molecule has 1 heterocycles. The van der Waals surface area contributed by atoms with Crippen molar-refractivity contribution in [2.45, 2.75) is 25.1 Å². The monoisotopic (exact) mass is 399 g/mol. The van der Waals surface area contributed by atoms with Gasteiger partial charge in [-0.2, -0.15) is 5.10 Å². The molecule has 4 aromatic rings. The molecule has 0 saturated carbocycles. The van der Waals surface area contributed by atoms with Gasteiger partial charge < -0.3 is 10.4 Å². The highest BCUT2D eigenvalue weighted by atomic mass is 19.1. The van der Waals surface area contributed by atoms with Gasteiger partial charge in [0.05, 0.1) is 23.5 Å². The second-order valence-corrected chi connectivity index (χ2v) is 7.62. The van der Waals surface area contributed by atoms with Gasteiger partial charge in [0.15, 0.2) is 0 Å². The Bertz CT molecular complexity index is 1150. The summed E-state index contributed by atoms with van der Waals surface area (Å²) in [5.74, 6) is -0.272. The highest BCUT2D eigenvalue weighted by molar-refractivity contribution is 5.63. The van der Waals surface area contributed by atoms with Crippen LogP contribution in [-0.2, 0) is 13.0 Å². The van der Waals surface area contributed by atoms with Gasteiger partial charge in [-0.05, 0) is 47.5 Å². The molecule has 2 N–H and O–H groups in total. The molecular weight excluding hydrogens is 377 g/mol. The van der Waals surface area contributed by atoms with Crippen molar-refractivity contribution in [2.75, 3.05) is 0 Å². The molecule has 0 fully saturated rings. The molecule has 1 aromatic heterocycles. The van der Waals surface area contributed by atoms with Crippen LogP contribution < -0.4 is 5.32 Å². The normalized spacial score (nSPS) is 17.8. The number of rotatable bonds is 5. The number of benzene rings is 3. The van der Waals surface area contributed by atoms with Crippen LogP contribution in [-0.4, -0.2) is 21.0 Å². The minimum absolute atomic E-state index is 0.123.